The van der Waals surface area contributed by atoms with Crippen molar-refractivity contribution in [3.63, 3.8) is 0 Å². The van der Waals surface area contributed by atoms with Crippen LogP contribution in [0.5, 0.6) is 0 Å². The van der Waals surface area contributed by atoms with Gasteiger partial charge in [-0.25, -0.2) is 4.98 Å². The number of aromatic nitrogens is 2. The van der Waals surface area contributed by atoms with E-state index in [1.54, 1.807) is 0 Å². The Balaban J connectivity index is 1.33. The van der Waals surface area contributed by atoms with Crippen molar-refractivity contribution in [3.05, 3.63) is 49.3 Å². The summed E-state index contributed by atoms with van der Waals surface area (Å²) in [5.41, 5.74) is 3.68. The number of piperidine rings is 1. The van der Waals surface area contributed by atoms with Gasteiger partial charge in [0.2, 0.25) is 0 Å². The van der Waals surface area contributed by atoms with Crippen molar-refractivity contribution in [1.29, 1.82) is 0 Å². The van der Waals surface area contributed by atoms with Gasteiger partial charge >= 0.3 is 0 Å². The largest absolute Gasteiger partial charge is 0.316 e. The molecule has 1 fully saturated rings. The lowest BCUT2D eigenvalue weighted by atomic mass is 9.84. The summed E-state index contributed by atoms with van der Waals surface area (Å²) < 4.78 is 2.06. The van der Waals surface area contributed by atoms with E-state index in [9.17, 15) is 4.79 Å². The average molecular weight is 385 g/mol. The molecule has 5 rings (SSSR count). The molecule has 27 heavy (non-hydrogen) atoms. The second-order valence-corrected chi connectivity index (χ2v) is 9.68. The molecule has 2 aromatic heterocycles. The van der Waals surface area contributed by atoms with Crippen molar-refractivity contribution >= 4 is 11.3 Å². The van der Waals surface area contributed by atoms with Gasteiger partial charge in [0.15, 0.2) is 0 Å². The van der Waals surface area contributed by atoms with Crippen LogP contribution in [0.3, 0.4) is 0 Å². The molecule has 4 heterocycles. The van der Waals surface area contributed by atoms with Gasteiger partial charge in [-0.1, -0.05) is 6.07 Å². The molecular formula is C21H28N4OS. The highest BCUT2D eigenvalue weighted by Crippen LogP contribution is 2.32. The zero-order valence-electron chi connectivity index (χ0n) is 16.0. The predicted molar refractivity (Wildman–Crippen MR) is 108 cm³/mol. The molecule has 1 saturated heterocycles. The SMILES string of the molecule is CN(Cc1nc2c(s1)CCCC2)Cc1ccc2n(c1=O)C[C@@H]1CNC[C@H]2C1. The lowest BCUT2D eigenvalue weighted by Crippen LogP contribution is -2.45. The molecule has 2 atom stereocenters. The fourth-order valence-corrected chi connectivity index (χ4v) is 6.24. The Bertz CT molecular complexity index is 879. The molecule has 3 aliphatic rings. The van der Waals surface area contributed by atoms with Gasteiger partial charge in [0.1, 0.15) is 5.01 Å². The molecular weight excluding hydrogens is 356 g/mol. The van der Waals surface area contributed by atoms with Crippen molar-refractivity contribution in [3.8, 4) is 0 Å². The average Bonchev–Trinajstić information content (AvgIpc) is 3.07. The molecule has 0 saturated carbocycles. The molecule has 6 heteroatoms. The molecule has 2 bridgehead atoms. The molecule has 0 unspecified atom stereocenters. The van der Waals surface area contributed by atoms with Crippen LogP contribution in [-0.2, 0) is 32.5 Å². The number of fused-ring (bicyclic) bond motifs is 5. The highest BCUT2D eigenvalue weighted by atomic mass is 32.1. The van der Waals surface area contributed by atoms with Crippen LogP contribution in [0.15, 0.2) is 16.9 Å². The molecule has 144 valence electrons. The van der Waals surface area contributed by atoms with Gasteiger partial charge in [-0.3, -0.25) is 9.69 Å². The summed E-state index contributed by atoms with van der Waals surface area (Å²) in [6.07, 6.45) is 6.13. The Morgan fingerprint density at radius 2 is 2.15 bits per heavy atom. The maximum absolute atomic E-state index is 13.1. The summed E-state index contributed by atoms with van der Waals surface area (Å²) in [4.78, 5) is 21.7. The quantitative estimate of drug-likeness (QED) is 0.880. The first-order chi connectivity index (χ1) is 13.2. The van der Waals surface area contributed by atoms with Crippen molar-refractivity contribution in [2.24, 2.45) is 5.92 Å². The van der Waals surface area contributed by atoms with Crippen molar-refractivity contribution < 1.29 is 0 Å². The van der Waals surface area contributed by atoms with E-state index >= 15 is 0 Å². The maximum Gasteiger partial charge on any atom is 0.255 e. The van der Waals surface area contributed by atoms with E-state index in [4.69, 9.17) is 4.98 Å². The number of nitrogens with one attached hydrogen (secondary N) is 1. The number of hydrogen-bond donors (Lipinski definition) is 1. The van der Waals surface area contributed by atoms with E-state index in [1.807, 2.05) is 11.3 Å². The summed E-state index contributed by atoms with van der Waals surface area (Å²) in [6.45, 7) is 4.44. The first kappa shape index (κ1) is 17.6. The van der Waals surface area contributed by atoms with Crippen LogP contribution in [0.2, 0.25) is 0 Å². The van der Waals surface area contributed by atoms with Crippen LogP contribution in [-0.4, -0.2) is 34.6 Å². The molecule has 1 N–H and O–H groups in total. The number of nitrogens with zero attached hydrogens (tertiary/aromatic N) is 3. The Kier molecular flexibility index (Phi) is 4.66. The monoisotopic (exact) mass is 384 g/mol. The third-order valence-corrected chi connectivity index (χ3v) is 7.47. The number of aryl methyl sites for hydroxylation is 2. The number of thiazole rings is 1. The fraction of sp³-hybridized carbons (Fsp3) is 0.619. The van der Waals surface area contributed by atoms with Gasteiger partial charge in [0, 0.05) is 41.7 Å². The minimum atomic E-state index is 0.217. The van der Waals surface area contributed by atoms with Gasteiger partial charge in [-0.15, -0.1) is 11.3 Å². The minimum absolute atomic E-state index is 0.217. The maximum atomic E-state index is 13.1. The molecule has 2 aromatic rings. The van der Waals surface area contributed by atoms with Gasteiger partial charge in [-0.2, -0.15) is 0 Å². The number of pyridine rings is 1. The van der Waals surface area contributed by atoms with Crippen LogP contribution in [0.25, 0.3) is 0 Å². The highest BCUT2D eigenvalue weighted by Gasteiger charge is 2.31. The number of rotatable bonds is 4. The highest BCUT2D eigenvalue weighted by molar-refractivity contribution is 7.11. The summed E-state index contributed by atoms with van der Waals surface area (Å²) >= 11 is 1.87. The summed E-state index contributed by atoms with van der Waals surface area (Å²) in [7, 11) is 2.10. The Labute approximate surface area is 164 Å². The van der Waals surface area contributed by atoms with Crippen LogP contribution >= 0.6 is 11.3 Å². The second-order valence-electron chi connectivity index (χ2n) is 8.51. The molecule has 0 aromatic carbocycles. The first-order valence-corrected chi connectivity index (χ1v) is 11.1. The number of hydrogen-bond acceptors (Lipinski definition) is 5. The van der Waals surface area contributed by atoms with Crippen LogP contribution in [0, 0.1) is 5.92 Å². The van der Waals surface area contributed by atoms with Gasteiger partial charge in [0.25, 0.3) is 5.56 Å². The molecule has 0 amide bonds. The standard InChI is InChI=1S/C21H28N4OS/c1-24(13-20-23-17-4-2-3-5-19(17)27-20)12-15-6-7-18-16-8-14(9-22-10-16)11-25(18)21(15)26/h6-7,14,16,22H,2-5,8-13H2,1H3/t14-,16+/m0/s1. The summed E-state index contributed by atoms with van der Waals surface area (Å²) in [5, 5.41) is 4.71. The van der Waals surface area contributed by atoms with Gasteiger partial charge < -0.3 is 9.88 Å². The van der Waals surface area contributed by atoms with Gasteiger partial charge in [0.05, 0.1) is 12.2 Å². The van der Waals surface area contributed by atoms with Crippen molar-refractivity contribution in [1.82, 2.24) is 19.8 Å². The third-order valence-electron chi connectivity index (χ3n) is 6.32. The zero-order valence-corrected chi connectivity index (χ0v) is 16.9. The summed E-state index contributed by atoms with van der Waals surface area (Å²) in [6, 6.07) is 4.26. The normalized spacial score (nSPS) is 23.9. The van der Waals surface area contributed by atoms with E-state index in [-0.39, 0.29) is 5.56 Å². The molecule has 5 nitrogen and oxygen atoms in total. The Morgan fingerprint density at radius 1 is 1.26 bits per heavy atom. The fourth-order valence-electron chi connectivity index (χ4n) is 5.01. The van der Waals surface area contributed by atoms with Crippen molar-refractivity contribution in [2.75, 3.05) is 20.1 Å². The first-order valence-electron chi connectivity index (χ1n) is 10.3. The van der Waals surface area contributed by atoms with E-state index in [0.29, 0.717) is 18.4 Å². The van der Waals surface area contributed by atoms with Crippen LogP contribution in [0.4, 0.5) is 0 Å². The second kappa shape index (κ2) is 7.15. The van der Waals surface area contributed by atoms with E-state index in [2.05, 4.69) is 34.0 Å². The van der Waals surface area contributed by atoms with Crippen LogP contribution in [0.1, 0.15) is 52.0 Å². The molecule has 1 aliphatic carbocycles. The lowest BCUT2D eigenvalue weighted by molar-refractivity contribution is 0.254. The smallest absolute Gasteiger partial charge is 0.255 e. The molecule has 2 aliphatic heterocycles. The Hall–Kier alpha value is -1.50. The molecule has 0 radical (unpaired) electrons. The van der Waals surface area contributed by atoms with E-state index in [0.717, 1.165) is 38.2 Å². The predicted octanol–water partition coefficient (Wildman–Crippen LogP) is 2.52. The lowest BCUT2D eigenvalue weighted by Gasteiger charge is -2.37. The van der Waals surface area contributed by atoms with Crippen molar-refractivity contribution in [2.45, 2.75) is 57.7 Å². The van der Waals surface area contributed by atoms with Gasteiger partial charge in [-0.05, 0) is 57.7 Å². The third kappa shape index (κ3) is 3.39. The summed E-state index contributed by atoms with van der Waals surface area (Å²) in [5.74, 6) is 1.10. The van der Waals surface area contributed by atoms with E-state index in [1.165, 1.54) is 47.0 Å². The van der Waals surface area contributed by atoms with Crippen LogP contribution < -0.4 is 10.9 Å². The van der Waals surface area contributed by atoms with E-state index < -0.39 is 0 Å². The zero-order chi connectivity index (χ0) is 18.4. The minimum Gasteiger partial charge on any atom is -0.316 e. The molecule has 0 spiro atoms. The topological polar surface area (TPSA) is 50.2 Å². The Morgan fingerprint density at radius 3 is 3.04 bits per heavy atom.